The van der Waals surface area contributed by atoms with Crippen molar-refractivity contribution >= 4 is 63.5 Å². The largest absolute Gasteiger partial charge is 0.320 e. The molecule has 8 heteroatoms. The maximum absolute atomic E-state index is 14.1. The van der Waals surface area contributed by atoms with E-state index in [2.05, 4.69) is 5.32 Å². The summed E-state index contributed by atoms with van der Waals surface area (Å²) in [5, 5.41) is 9.80. The van der Waals surface area contributed by atoms with Crippen LogP contribution in [0.1, 0.15) is 11.1 Å². The number of anilines is 3. The van der Waals surface area contributed by atoms with E-state index in [1.807, 2.05) is 128 Å². The molecule has 4 aromatic rings. The van der Waals surface area contributed by atoms with E-state index in [1.54, 1.807) is 9.91 Å². The van der Waals surface area contributed by atoms with Crippen molar-refractivity contribution in [2.24, 2.45) is 5.10 Å². The third kappa shape index (κ3) is 4.84. The van der Waals surface area contributed by atoms with Crippen LogP contribution >= 0.6 is 23.5 Å². The lowest BCUT2D eigenvalue weighted by molar-refractivity contribution is -0.114. The van der Waals surface area contributed by atoms with E-state index >= 15 is 0 Å². The van der Waals surface area contributed by atoms with E-state index in [-0.39, 0.29) is 16.9 Å². The first-order chi connectivity index (χ1) is 19.0. The van der Waals surface area contributed by atoms with Crippen molar-refractivity contribution in [3.05, 3.63) is 131 Å². The molecule has 1 fully saturated rings. The highest BCUT2D eigenvalue weighted by Crippen LogP contribution is 2.59. The molecule has 4 aromatic carbocycles. The van der Waals surface area contributed by atoms with Gasteiger partial charge in [-0.2, -0.15) is 5.10 Å². The molecule has 2 aliphatic heterocycles. The van der Waals surface area contributed by atoms with Gasteiger partial charge in [0.05, 0.1) is 10.6 Å². The summed E-state index contributed by atoms with van der Waals surface area (Å²) >= 11 is 2.66. The molecule has 0 unspecified atom stereocenters. The number of hydrogen-bond acceptors (Lipinski definition) is 6. The zero-order valence-corrected chi connectivity index (χ0v) is 22.7. The Hall–Kier alpha value is -4.27. The second kappa shape index (κ2) is 10.5. The number of carbonyl (C=O) groups is 2. The summed E-state index contributed by atoms with van der Waals surface area (Å²) in [5.74, 6) is -0.485. The third-order valence-corrected chi connectivity index (χ3v) is 8.96. The molecule has 2 aliphatic rings. The minimum Gasteiger partial charge on any atom is -0.320 e. The topological polar surface area (TPSA) is 65.0 Å². The zero-order valence-electron chi connectivity index (χ0n) is 21.0. The third-order valence-electron chi connectivity index (χ3n) is 6.24. The van der Waals surface area contributed by atoms with Crippen molar-refractivity contribution in [2.75, 3.05) is 15.2 Å². The predicted octanol–water partition coefficient (Wildman–Crippen LogP) is 6.93. The van der Waals surface area contributed by atoms with Crippen LogP contribution in [0.4, 0.5) is 17.1 Å². The van der Waals surface area contributed by atoms with Gasteiger partial charge >= 0.3 is 0 Å². The molecule has 1 atom stereocenters. The Morgan fingerprint density at radius 1 is 0.795 bits per heavy atom. The minimum absolute atomic E-state index is 0.153. The molecular weight excluding hydrogens is 525 g/mol. The fraction of sp³-hybridized carbons (Fsp3) is 0.0645. The number of para-hydroxylation sites is 3. The molecule has 0 aromatic heterocycles. The first-order valence-corrected chi connectivity index (χ1v) is 14.0. The average Bonchev–Trinajstić information content (AvgIpc) is 3.48. The number of hydrazone groups is 1. The number of benzene rings is 4. The number of amides is 2. The summed E-state index contributed by atoms with van der Waals surface area (Å²) in [6.45, 7) is 2.03. The van der Waals surface area contributed by atoms with Gasteiger partial charge in [-0.05, 0) is 66.7 Å². The summed E-state index contributed by atoms with van der Waals surface area (Å²) in [4.78, 5) is 29.9. The van der Waals surface area contributed by atoms with Crippen LogP contribution in [0.5, 0.6) is 0 Å². The molecule has 0 radical (unpaired) electrons. The lowest BCUT2D eigenvalue weighted by atomic mass is 10.1. The van der Waals surface area contributed by atoms with Gasteiger partial charge in [-0.15, -0.1) is 0 Å². The quantitative estimate of drug-likeness (QED) is 0.274. The van der Waals surface area contributed by atoms with Crippen LogP contribution in [0.15, 0.2) is 125 Å². The van der Waals surface area contributed by atoms with Gasteiger partial charge in [-0.1, -0.05) is 96.2 Å². The number of nitrogens with one attached hydrogen (secondary N) is 1. The van der Waals surface area contributed by atoms with Gasteiger partial charge in [0, 0.05) is 11.4 Å². The van der Waals surface area contributed by atoms with Gasteiger partial charge in [-0.25, -0.2) is 5.01 Å². The lowest BCUT2D eigenvalue weighted by Gasteiger charge is -2.38. The molecule has 2 amide bonds. The van der Waals surface area contributed by atoms with Crippen molar-refractivity contribution in [1.29, 1.82) is 0 Å². The molecule has 1 spiro atoms. The van der Waals surface area contributed by atoms with Crippen molar-refractivity contribution in [3.63, 3.8) is 0 Å². The first kappa shape index (κ1) is 25.0. The SMILES string of the molecule is Cc1ccc(/C=C2/S[C@]3(SC(C(=O)Nc4ccccc4)=NN3c3ccccc3)N(c3ccccc3)C2=O)cc1. The van der Waals surface area contributed by atoms with E-state index < -0.39 is 4.33 Å². The van der Waals surface area contributed by atoms with Crippen molar-refractivity contribution < 1.29 is 9.59 Å². The van der Waals surface area contributed by atoms with Crippen molar-refractivity contribution in [3.8, 4) is 0 Å². The standard InChI is InChI=1S/C31H24N4O2S2/c1-22-17-19-23(20-18-22)21-27-30(37)34(25-13-7-3-8-14-25)31(38-27)35(26-15-9-4-10-16-26)33-29(39-31)28(36)32-24-11-5-2-6-12-24/h2-21H,1H3,(H,32,36)/b27-21+/t31-/m0/s1. The summed E-state index contributed by atoms with van der Waals surface area (Å²) in [5.41, 5.74) is 4.24. The maximum Gasteiger partial charge on any atom is 0.282 e. The molecule has 1 saturated heterocycles. The first-order valence-electron chi connectivity index (χ1n) is 12.4. The van der Waals surface area contributed by atoms with Gasteiger partial charge in [0.1, 0.15) is 0 Å². The second-order valence-corrected chi connectivity index (χ2v) is 11.7. The Morgan fingerprint density at radius 2 is 1.38 bits per heavy atom. The van der Waals surface area contributed by atoms with E-state index in [0.717, 1.165) is 22.5 Å². The molecule has 1 N–H and O–H groups in total. The highest BCUT2D eigenvalue weighted by Gasteiger charge is 2.60. The molecule has 6 nitrogen and oxygen atoms in total. The highest BCUT2D eigenvalue weighted by molar-refractivity contribution is 8.29. The Morgan fingerprint density at radius 3 is 2.03 bits per heavy atom. The molecule has 0 saturated carbocycles. The van der Waals surface area contributed by atoms with E-state index in [0.29, 0.717) is 10.6 Å². The van der Waals surface area contributed by atoms with Crippen LogP contribution in [0.2, 0.25) is 0 Å². The normalized spacial score (nSPS) is 19.6. The molecular formula is C31H24N4O2S2. The van der Waals surface area contributed by atoms with Crippen molar-refractivity contribution in [2.45, 2.75) is 11.3 Å². The highest BCUT2D eigenvalue weighted by atomic mass is 32.2. The molecule has 0 bridgehead atoms. The van der Waals surface area contributed by atoms with Crippen LogP contribution in [0.3, 0.4) is 0 Å². The average molecular weight is 549 g/mol. The van der Waals surface area contributed by atoms with Crippen molar-refractivity contribution in [1.82, 2.24) is 0 Å². The van der Waals surface area contributed by atoms with Gasteiger partial charge < -0.3 is 5.32 Å². The Labute approximate surface area is 235 Å². The zero-order chi connectivity index (χ0) is 26.8. The lowest BCUT2D eigenvalue weighted by Crippen LogP contribution is -2.51. The van der Waals surface area contributed by atoms with Crippen LogP contribution in [0, 0.1) is 6.92 Å². The molecule has 192 valence electrons. The minimum atomic E-state index is -1.08. The number of thioether (sulfide) groups is 2. The van der Waals surface area contributed by atoms with Crippen LogP contribution in [-0.4, -0.2) is 21.2 Å². The van der Waals surface area contributed by atoms with Gasteiger partial charge in [-0.3, -0.25) is 14.5 Å². The van der Waals surface area contributed by atoms with Crippen LogP contribution < -0.4 is 15.2 Å². The van der Waals surface area contributed by atoms with Gasteiger partial charge in [0.25, 0.3) is 11.8 Å². The Balaban J connectivity index is 1.46. The number of nitrogens with zero attached hydrogens (tertiary/aromatic N) is 3. The second-order valence-electron chi connectivity index (χ2n) is 9.02. The summed E-state index contributed by atoms with van der Waals surface area (Å²) in [7, 11) is 0. The molecule has 2 heterocycles. The molecule has 39 heavy (non-hydrogen) atoms. The van der Waals surface area contributed by atoms with Crippen LogP contribution in [0.25, 0.3) is 6.08 Å². The Kier molecular flexibility index (Phi) is 6.72. The monoisotopic (exact) mass is 548 g/mol. The van der Waals surface area contributed by atoms with E-state index in [1.165, 1.54) is 23.5 Å². The Bertz CT molecular complexity index is 1580. The molecule has 0 aliphatic carbocycles. The summed E-state index contributed by atoms with van der Waals surface area (Å²) in [6, 6.07) is 36.5. The van der Waals surface area contributed by atoms with Gasteiger partial charge in [0.15, 0.2) is 5.04 Å². The summed E-state index contributed by atoms with van der Waals surface area (Å²) < 4.78 is -1.08. The van der Waals surface area contributed by atoms with Gasteiger partial charge in [0.2, 0.25) is 4.33 Å². The fourth-order valence-corrected chi connectivity index (χ4v) is 7.25. The fourth-order valence-electron chi connectivity index (χ4n) is 4.37. The molecule has 6 rings (SSSR count). The maximum atomic E-state index is 14.1. The van der Waals surface area contributed by atoms with E-state index in [9.17, 15) is 9.59 Å². The number of carbonyl (C=O) groups excluding carboxylic acids is 2. The number of aryl methyl sites for hydroxylation is 1. The summed E-state index contributed by atoms with van der Waals surface area (Å²) in [6.07, 6.45) is 1.91. The smallest absolute Gasteiger partial charge is 0.282 e. The number of hydrogen-bond donors (Lipinski definition) is 1. The van der Waals surface area contributed by atoms with E-state index in [4.69, 9.17) is 5.10 Å². The predicted molar refractivity (Wildman–Crippen MR) is 162 cm³/mol. The van der Waals surface area contributed by atoms with Crippen LogP contribution in [-0.2, 0) is 9.59 Å². The number of rotatable bonds is 5.